The number of rotatable bonds is 24. The van der Waals surface area contributed by atoms with Crippen LogP contribution in [0.4, 0.5) is 4.39 Å². The van der Waals surface area contributed by atoms with Gasteiger partial charge in [0.25, 0.3) is 5.91 Å². The van der Waals surface area contributed by atoms with Crippen LogP contribution in [0.2, 0.25) is 0 Å². The van der Waals surface area contributed by atoms with Crippen LogP contribution in [0.5, 0.6) is 0 Å². The Bertz CT molecular complexity index is 1240. The number of unbranched alkanes of at least 4 members (excludes halogenated alkanes) is 1. The van der Waals surface area contributed by atoms with Crippen molar-refractivity contribution in [3.63, 3.8) is 0 Å². The standard InChI is InChI=1S/C29H43FN8O8/c30-21-8-6-18(7-9-21)15-37-46-17-25(41)38-23(5-1-2-10-31)24(40)13-19(4-3-11-35-29(33)34)28(45)36-16-22(39)12-20(27(32)44)14-26(42)43/h6-9,15,19-20,23H,1-5,10-14,16-17,31H2,(H2,32,44)(H,36,45)(H,38,41)(H,42,43)(H4,33,34,35)/b37-15-. The minimum atomic E-state index is -1.31. The fourth-order valence-corrected chi connectivity index (χ4v) is 4.20. The molecule has 0 spiro atoms. The van der Waals surface area contributed by atoms with E-state index < -0.39 is 84.9 Å². The summed E-state index contributed by atoms with van der Waals surface area (Å²) in [6.07, 6.45) is 1.64. The number of primary amides is 1. The third-order valence-corrected chi connectivity index (χ3v) is 6.59. The summed E-state index contributed by atoms with van der Waals surface area (Å²) in [4.78, 5) is 82.7. The van der Waals surface area contributed by atoms with Gasteiger partial charge in [0.2, 0.25) is 11.8 Å². The molecule has 3 unspecified atom stereocenters. The third kappa shape index (κ3) is 17.4. The predicted molar refractivity (Wildman–Crippen MR) is 165 cm³/mol. The number of halogens is 1. The Morgan fingerprint density at radius 3 is 2.24 bits per heavy atom. The van der Waals surface area contributed by atoms with E-state index >= 15 is 0 Å². The number of guanidine groups is 1. The molecule has 0 fully saturated rings. The number of aliphatic carboxylic acids is 1. The molecular formula is C29H43FN8O8. The van der Waals surface area contributed by atoms with Crippen molar-refractivity contribution in [2.24, 2.45) is 44.9 Å². The zero-order chi connectivity index (χ0) is 34.5. The third-order valence-electron chi connectivity index (χ3n) is 6.59. The van der Waals surface area contributed by atoms with E-state index in [-0.39, 0.29) is 31.8 Å². The van der Waals surface area contributed by atoms with Crippen molar-refractivity contribution in [1.82, 2.24) is 10.6 Å². The maximum Gasteiger partial charge on any atom is 0.304 e. The number of carbonyl (C=O) groups is 6. The number of hydrogen-bond donors (Lipinski definition) is 7. The second-order valence-corrected chi connectivity index (χ2v) is 10.4. The average Bonchev–Trinajstić information content (AvgIpc) is 2.99. The molecular weight excluding hydrogens is 607 g/mol. The topological polar surface area (TPSA) is 285 Å². The Kier molecular flexibility index (Phi) is 18.5. The summed E-state index contributed by atoms with van der Waals surface area (Å²) in [5.41, 5.74) is 22.0. The second-order valence-electron chi connectivity index (χ2n) is 10.4. The quantitative estimate of drug-likeness (QED) is 0.0310. The molecule has 254 valence electrons. The van der Waals surface area contributed by atoms with Crippen LogP contribution < -0.4 is 33.6 Å². The van der Waals surface area contributed by atoms with Gasteiger partial charge >= 0.3 is 5.97 Å². The van der Waals surface area contributed by atoms with Crippen LogP contribution in [-0.2, 0) is 33.6 Å². The molecule has 0 aromatic heterocycles. The number of hydrogen-bond acceptors (Lipinski definition) is 10. The molecule has 46 heavy (non-hydrogen) atoms. The summed E-state index contributed by atoms with van der Waals surface area (Å²) >= 11 is 0. The van der Waals surface area contributed by atoms with Crippen LogP contribution >= 0.6 is 0 Å². The summed E-state index contributed by atoms with van der Waals surface area (Å²) < 4.78 is 13.0. The SMILES string of the molecule is NCCCCC(NC(=O)CO/N=C\c1ccc(F)cc1)C(=O)CC(CCCN=C(N)N)C(=O)NCC(=O)CC(CC(=O)O)C(N)=O. The van der Waals surface area contributed by atoms with Gasteiger partial charge in [-0.3, -0.25) is 33.8 Å². The molecule has 16 nitrogen and oxygen atoms in total. The minimum absolute atomic E-state index is 0.149. The number of nitrogens with zero attached hydrogens (tertiary/aromatic N) is 2. The summed E-state index contributed by atoms with van der Waals surface area (Å²) in [7, 11) is 0. The van der Waals surface area contributed by atoms with Gasteiger partial charge in [-0.2, -0.15) is 0 Å². The first kappa shape index (κ1) is 39.1. The number of Topliss-reactive ketones (excluding diaryl/α,β-unsaturated/α-hetero) is 2. The predicted octanol–water partition coefficient (Wildman–Crippen LogP) is -0.929. The second kappa shape index (κ2) is 21.7. The lowest BCUT2D eigenvalue weighted by Gasteiger charge is -2.21. The van der Waals surface area contributed by atoms with E-state index in [9.17, 15) is 33.2 Å². The maximum atomic E-state index is 13.4. The van der Waals surface area contributed by atoms with Crippen LogP contribution in [0, 0.1) is 17.7 Å². The zero-order valence-corrected chi connectivity index (χ0v) is 25.5. The van der Waals surface area contributed by atoms with Crippen LogP contribution in [0.25, 0.3) is 0 Å². The lowest BCUT2D eigenvalue weighted by atomic mass is 9.91. The number of nitrogens with one attached hydrogen (secondary N) is 2. The molecule has 17 heteroatoms. The van der Waals surface area contributed by atoms with Crippen molar-refractivity contribution in [3.05, 3.63) is 35.6 Å². The monoisotopic (exact) mass is 650 g/mol. The molecule has 0 bridgehead atoms. The van der Waals surface area contributed by atoms with Gasteiger partial charge in [0.05, 0.1) is 31.1 Å². The molecule has 0 saturated carbocycles. The number of amides is 3. The number of ketones is 2. The molecule has 11 N–H and O–H groups in total. The van der Waals surface area contributed by atoms with Crippen molar-refractivity contribution in [1.29, 1.82) is 0 Å². The van der Waals surface area contributed by atoms with Gasteiger partial charge in [-0.1, -0.05) is 17.3 Å². The van der Waals surface area contributed by atoms with Gasteiger partial charge in [0, 0.05) is 25.3 Å². The summed E-state index contributed by atoms with van der Waals surface area (Å²) in [5.74, 6) is -7.40. The Hall–Kier alpha value is -4.93. The summed E-state index contributed by atoms with van der Waals surface area (Å²) in [6.45, 7) is -0.505. The van der Waals surface area contributed by atoms with Crippen LogP contribution in [0.3, 0.4) is 0 Å². The Balaban J connectivity index is 2.89. The molecule has 0 aliphatic carbocycles. The molecule has 1 aromatic carbocycles. The van der Waals surface area contributed by atoms with E-state index in [0.29, 0.717) is 31.4 Å². The molecule has 3 atom stereocenters. The van der Waals surface area contributed by atoms with Gasteiger partial charge in [0.1, 0.15) is 5.82 Å². The van der Waals surface area contributed by atoms with E-state index in [1.54, 1.807) is 0 Å². The number of carbonyl (C=O) groups excluding carboxylic acids is 5. The van der Waals surface area contributed by atoms with Crippen molar-refractivity contribution >= 4 is 47.4 Å². The van der Waals surface area contributed by atoms with Crippen molar-refractivity contribution in [2.75, 3.05) is 26.2 Å². The first-order valence-corrected chi connectivity index (χ1v) is 14.6. The summed E-state index contributed by atoms with van der Waals surface area (Å²) in [5, 5.41) is 17.6. The van der Waals surface area contributed by atoms with Gasteiger partial charge in [-0.25, -0.2) is 4.39 Å². The lowest BCUT2D eigenvalue weighted by molar-refractivity contribution is -0.141. The van der Waals surface area contributed by atoms with Crippen LogP contribution in [0.1, 0.15) is 56.9 Å². The van der Waals surface area contributed by atoms with E-state index in [1.807, 2.05) is 0 Å². The summed E-state index contributed by atoms with van der Waals surface area (Å²) in [6, 6.07) is 4.42. The molecule has 1 aromatic rings. The number of benzene rings is 1. The highest BCUT2D eigenvalue weighted by Crippen LogP contribution is 2.16. The smallest absolute Gasteiger partial charge is 0.304 e. The largest absolute Gasteiger partial charge is 0.481 e. The highest BCUT2D eigenvalue weighted by molar-refractivity contribution is 5.94. The highest BCUT2D eigenvalue weighted by Gasteiger charge is 2.28. The molecule has 0 aliphatic heterocycles. The Morgan fingerprint density at radius 2 is 1.63 bits per heavy atom. The number of nitrogens with two attached hydrogens (primary N) is 4. The van der Waals surface area contributed by atoms with E-state index in [2.05, 4.69) is 20.8 Å². The van der Waals surface area contributed by atoms with Crippen molar-refractivity contribution in [2.45, 2.75) is 57.4 Å². The number of oxime groups is 1. The molecule has 1 rings (SSSR count). The van der Waals surface area contributed by atoms with Crippen molar-refractivity contribution < 1.29 is 43.1 Å². The number of carboxylic acids is 1. The number of aliphatic imine (C=N–C) groups is 1. The zero-order valence-electron chi connectivity index (χ0n) is 25.5. The maximum absolute atomic E-state index is 13.4. The molecule has 0 radical (unpaired) electrons. The van der Waals surface area contributed by atoms with E-state index in [1.165, 1.54) is 30.5 Å². The lowest BCUT2D eigenvalue weighted by Crippen LogP contribution is -2.44. The average molecular weight is 651 g/mol. The van der Waals surface area contributed by atoms with Gasteiger partial charge in [-0.15, -0.1) is 0 Å². The fraction of sp³-hybridized carbons (Fsp3) is 0.517. The molecule has 0 saturated heterocycles. The first-order chi connectivity index (χ1) is 21.8. The van der Waals surface area contributed by atoms with E-state index in [4.69, 9.17) is 32.9 Å². The number of carboxylic acid groups (broad SMARTS) is 1. The minimum Gasteiger partial charge on any atom is -0.481 e. The normalized spacial score (nSPS) is 12.8. The highest BCUT2D eigenvalue weighted by atomic mass is 19.1. The Labute approximate surface area is 265 Å². The Morgan fingerprint density at radius 1 is 0.935 bits per heavy atom. The van der Waals surface area contributed by atoms with Gasteiger partial charge in [-0.05, 0) is 56.3 Å². The van der Waals surface area contributed by atoms with Crippen LogP contribution in [0.15, 0.2) is 34.4 Å². The molecule has 3 amide bonds. The van der Waals surface area contributed by atoms with E-state index in [0.717, 1.165) is 0 Å². The molecule has 0 heterocycles. The van der Waals surface area contributed by atoms with Crippen LogP contribution in [-0.4, -0.2) is 84.8 Å². The molecule has 0 aliphatic rings. The first-order valence-electron chi connectivity index (χ1n) is 14.6. The van der Waals surface area contributed by atoms with Crippen molar-refractivity contribution in [3.8, 4) is 0 Å². The van der Waals surface area contributed by atoms with Gasteiger partial charge < -0.3 is 43.5 Å². The van der Waals surface area contributed by atoms with Gasteiger partial charge in [0.15, 0.2) is 24.1 Å². The fourth-order valence-electron chi connectivity index (χ4n) is 4.20.